The molecule has 0 amide bonds. The summed E-state index contributed by atoms with van der Waals surface area (Å²) in [5, 5.41) is 3.01. The van der Waals surface area contributed by atoms with Crippen molar-refractivity contribution in [1.29, 1.82) is 0 Å². The van der Waals surface area contributed by atoms with Crippen molar-refractivity contribution in [3.8, 4) is 0 Å². The SMILES string of the molecule is COCCOCCCOC(=O)CC1CS(=O)(=O)CCN1. The molecule has 1 saturated heterocycles. The number of nitrogens with one attached hydrogen (secondary N) is 1. The Kier molecular flexibility index (Phi) is 8.05. The molecule has 8 heteroatoms. The number of sulfone groups is 1. The molecule has 0 aliphatic carbocycles. The van der Waals surface area contributed by atoms with Gasteiger partial charge in [0.2, 0.25) is 0 Å². The lowest BCUT2D eigenvalue weighted by atomic mass is 10.2. The van der Waals surface area contributed by atoms with E-state index in [2.05, 4.69) is 5.32 Å². The monoisotopic (exact) mass is 309 g/mol. The van der Waals surface area contributed by atoms with Crippen molar-refractivity contribution in [2.24, 2.45) is 0 Å². The van der Waals surface area contributed by atoms with Crippen molar-refractivity contribution >= 4 is 15.8 Å². The summed E-state index contributed by atoms with van der Waals surface area (Å²) < 4.78 is 37.9. The smallest absolute Gasteiger partial charge is 0.307 e. The zero-order valence-electron chi connectivity index (χ0n) is 11.8. The summed E-state index contributed by atoms with van der Waals surface area (Å²) in [5.41, 5.74) is 0. The molecule has 0 radical (unpaired) electrons. The molecule has 1 fully saturated rings. The average Bonchev–Trinajstić information content (AvgIpc) is 2.36. The predicted octanol–water partition coefficient (Wildman–Crippen LogP) is -0.641. The highest BCUT2D eigenvalue weighted by atomic mass is 32.2. The molecule has 1 rings (SSSR count). The highest BCUT2D eigenvalue weighted by Gasteiger charge is 2.26. The first kappa shape index (κ1) is 17.4. The minimum atomic E-state index is -3.02. The number of ether oxygens (including phenoxy) is 3. The Morgan fingerprint density at radius 3 is 2.75 bits per heavy atom. The van der Waals surface area contributed by atoms with Crippen LogP contribution in [0.15, 0.2) is 0 Å². The van der Waals surface area contributed by atoms with Crippen LogP contribution in [0.2, 0.25) is 0 Å². The Morgan fingerprint density at radius 1 is 1.25 bits per heavy atom. The van der Waals surface area contributed by atoms with Gasteiger partial charge in [-0.2, -0.15) is 0 Å². The van der Waals surface area contributed by atoms with E-state index < -0.39 is 9.84 Å². The summed E-state index contributed by atoms with van der Waals surface area (Å²) in [6.07, 6.45) is 0.704. The van der Waals surface area contributed by atoms with Crippen LogP contribution in [0.3, 0.4) is 0 Å². The molecule has 0 aromatic heterocycles. The number of hydrogen-bond donors (Lipinski definition) is 1. The van der Waals surface area contributed by atoms with E-state index in [1.165, 1.54) is 0 Å². The Labute approximate surface area is 119 Å². The normalized spacial score (nSPS) is 21.6. The van der Waals surface area contributed by atoms with E-state index in [1.807, 2.05) is 0 Å². The molecule has 1 atom stereocenters. The third-order valence-corrected chi connectivity index (χ3v) is 4.58. The molecule has 0 saturated carbocycles. The van der Waals surface area contributed by atoms with Gasteiger partial charge in [-0.3, -0.25) is 4.79 Å². The van der Waals surface area contributed by atoms with Gasteiger partial charge in [0, 0.05) is 32.7 Å². The number of rotatable bonds is 9. The van der Waals surface area contributed by atoms with E-state index in [0.29, 0.717) is 32.8 Å². The maximum atomic E-state index is 11.5. The maximum Gasteiger partial charge on any atom is 0.307 e. The summed E-state index contributed by atoms with van der Waals surface area (Å²) in [5.74, 6) is -0.240. The van der Waals surface area contributed by atoms with Gasteiger partial charge in [-0.25, -0.2) is 8.42 Å². The summed E-state index contributed by atoms with van der Waals surface area (Å²) in [7, 11) is -1.42. The molecule has 1 unspecified atom stereocenters. The van der Waals surface area contributed by atoms with E-state index >= 15 is 0 Å². The first-order valence-electron chi connectivity index (χ1n) is 6.69. The first-order chi connectivity index (χ1) is 9.53. The van der Waals surface area contributed by atoms with Gasteiger partial charge in [0.1, 0.15) is 0 Å². The minimum Gasteiger partial charge on any atom is -0.466 e. The number of carbonyl (C=O) groups excluding carboxylic acids is 1. The van der Waals surface area contributed by atoms with Crippen LogP contribution in [0, 0.1) is 0 Å². The van der Waals surface area contributed by atoms with Gasteiger partial charge in [0.15, 0.2) is 9.84 Å². The number of hydrogen-bond acceptors (Lipinski definition) is 7. The lowest BCUT2D eigenvalue weighted by molar-refractivity contribution is -0.144. The van der Waals surface area contributed by atoms with Gasteiger partial charge in [-0.1, -0.05) is 0 Å². The van der Waals surface area contributed by atoms with Gasteiger partial charge >= 0.3 is 5.97 Å². The molecule has 0 aromatic rings. The summed E-state index contributed by atoms with van der Waals surface area (Å²) in [6, 6.07) is -0.334. The van der Waals surface area contributed by atoms with Crippen LogP contribution in [0.5, 0.6) is 0 Å². The van der Waals surface area contributed by atoms with E-state index in [1.54, 1.807) is 7.11 Å². The topological polar surface area (TPSA) is 90.9 Å². The molecule has 1 N–H and O–H groups in total. The van der Waals surface area contributed by atoms with Crippen LogP contribution < -0.4 is 5.32 Å². The van der Waals surface area contributed by atoms with Crippen molar-refractivity contribution in [3.05, 3.63) is 0 Å². The molecule has 20 heavy (non-hydrogen) atoms. The van der Waals surface area contributed by atoms with Crippen molar-refractivity contribution < 1.29 is 27.4 Å². The fraction of sp³-hybridized carbons (Fsp3) is 0.917. The fourth-order valence-corrected chi connectivity index (χ4v) is 3.29. The second kappa shape index (κ2) is 9.28. The molecule has 7 nitrogen and oxygen atoms in total. The van der Waals surface area contributed by atoms with Crippen LogP contribution in [-0.4, -0.2) is 72.0 Å². The Bertz CT molecular complexity index is 383. The van der Waals surface area contributed by atoms with E-state index in [9.17, 15) is 13.2 Å². The Balaban J connectivity index is 2.05. The quantitative estimate of drug-likeness (QED) is 0.447. The highest BCUT2D eigenvalue weighted by Crippen LogP contribution is 2.06. The van der Waals surface area contributed by atoms with Gasteiger partial charge in [-0.05, 0) is 0 Å². The summed E-state index contributed by atoms with van der Waals surface area (Å²) in [4.78, 5) is 11.5. The van der Waals surface area contributed by atoms with Crippen LogP contribution >= 0.6 is 0 Å². The second-order valence-electron chi connectivity index (χ2n) is 4.65. The summed E-state index contributed by atoms with van der Waals surface area (Å²) >= 11 is 0. The van der Waals surface area contributed by atoms with Crippen LogP contribution in [0.25, 0.3) is 0 Å². The molecule has 1 aliphatic heterocycles. The molecule has 0 bridgehead atoms. The Hall–Kier alpha value is -0.700. The van der Waals surface area contributed by atoms with Crippen molar-refractivity contribution in [2.75, 3.05) is 51.6 Å². The zero-order chi connectivity index (χ0) is 14.8. The number of esters is 1. The first-order valence-corrected chi connectivity index (χ1v) is 8.52. The maximum absolute atomic E-state index is 11.5. The largest absolute Gasteiger partial charge is 0.466 e. The number of methoxy groups -OCH3 is 1. The van der Waals surface area contributed by atoms with E-state index in [0.717, 1.165) is 0 Å². The molecular formula is C12H23NO6S. The molecular weight excluding hydrogens is 286 g/mol. The molecule has 1 aliphatic rings. The van der Waals surface area contributed by atoms with Crippen LogP contribution in [-0.2, 0) is 28.8 Å². The van der Waals surface area contributed by atoms with Gasteiger partial charge in [-0.15, -0.1) is 0 Å². The van der Waals surface area contributed by atoms with Gasteiger partial charge in [0.05, 0.1) is 37.7 Å². The van der Waals surface area contributed by atoms with Crippen LogP contribution in [0.4, 0.5) is 0 Å². The highest BCUT2D eigenvalue weighted by molar-refractivity contribution is 7.91. The lowest BCUT2D eigenvalue weighted by Gasteiger charge is -2.22. The van der Waals surface area contributed by atoms with E-state index in [-0.39, 0.29) is 36.5 Å². The van der Waals surface area contributed by atoms with Crippen molar-refractivity contribution in [1.82, 2.24) is 5.32 Å². The number of carbonyl (C=O) groups is 1. The zero-order valence-corrected chi connectivity index (χ0v) is 12.6. The van der Waals surface area contributed by atoms with E-state index in [4.69, 9.17) is 14.2 Å². The van der Waals surface area contributed by atoms with Gasteiger partial charge in [0.25, 0.3) is 0 Å². The predicted molar refractivity (Wildman–Crippen MR) is 73.3 cm³/mol. The molecule has 0 spiro atoms. The molecule has 1 heterocycles. The lowest BCUT2D eigenvalue weighted by Crippen LogP contribution is -2.46. The third kappa shape index (κ3) is 7.78. The molecule has 118 valence electrons. The van der Waals surface area contributed by atoms with Crippen molar-refractivity contribution in [3.63, 3.8) is 0 Å². The van der Waals surface area contributed by atoms with Crippen molar-refractivity contribution in [2.45, 2.75) is 18.9 Å². The molecule has 0 aromatic carbocycles. The van der Waals surface area contributed by atoms with Crippen LogP contribution in [0.1, 0.15) is 12.8 Å². The standard InChI is InChI=1S/C12H23NO6S/c1-17-6-7-18-4-2-5-19-12(14)9-11-10-20(15,16)8-3-13-11/h11,13H,2-10H2,1H3. The second-order valence-corrected chi connectivity index (χ2v) is 6.88. The minimum absolute atomic E-state index is 0.00221. The summed E-state index contributed by atoms with van der Waals surface area (Å²) in [6.45, 7) is 2.25. The average molecular weight is 309 g/mol. The Morgan fingerprint density at radius 2 is 2.05 bits per heavy atom. The fourth-order valence-electron chi connectivity index (χ4n) is 1.85. The third-order valence-electron chi connectivity index (χ3n) is 2.84. The van der Waals surface area contributed by atoms with Gasteiger partial charge < -0.3 is 19.5 Å².